The maximum Gasteiger partial charge on any atom is 0.141 e. The molecule has 0 aromatic carbocycles. The van der Waals surface area contributed by atoms with E-state index in [1.54, 1.807) is 12.3 Å². The van der Waals surface area contributed by atoms with Crippen LogP contribution in [-0.2, 0) is 0 Å². The number of nitrogens with one attached hydrogen (secondary N) is 1. The molecule has 2 rings (SSSR count). The van der Waals surface area contributed by atoms with Gasteiger partial charge in [-0.15, -0.1) is 0 Å². The largest absolute Gasteiger partial charge is 0.307 e. The van der Waals surface area contributed by atoms with Crippen LogP contribution in [0.25, 0.3) is 0 Å². The van der Waals surface area contributed by atoms with Crippen molar-refractivity contribution in [3.63, 3.8) is 0 Å². The minimum Gasteiger partial charge on any atom is -0.307 e. The summed E-state index contributed by atoms with van der Waals surface area (Å²) in [7, 11) is 0. The lowest BCUT2D eigenvalue weighted by atomic mass is 9.94. The number of aromatic nitrogens is 1. The summed E-state index contributed by atoms with van der Waals surface area (Å²) < 4.78 is 13.0. The fourth-order valence-corrected chi connectivity index (χ4v) is 2.38. The molecule has 1 heterocycles. The number of halogens is 1. The van der Waals surface area contributed by atoms with Gasteiger partial charge >= 0.3 is 0 Å². The van der Waals surface area contributed by atoms with Gasteiger partial charge in [0.1, 0.15) is 5.82 Å². The lowest BCUT2D eigenvalue weighted by molar-refractivity contribution is 0.346. The molecule has 0 amide bonds. The molecule has 1 unspecified atom stereocenters. The van der Waals surface area contributed by atoms with E-state index >= 15 is 0 Å². The molecule has 0 saturated heterocycles. The Bertz CT molecular complexity index is 334. The highest BCUT2D eigenvalue weighted by molar-refractivity contribution is 5.14. The lowest BCUT2D eigenvalue weighted by Gasteiger charge is -2.26. The fourth-order valence-electron chi connectivity index (χ4n) is 2.38. The highest BCUT2D eigenvalue weighted by atomic mass is 19.1. The predicted octanol–water partition coefficient (Wildman–Crippen LogP) is 3.20. The molecule has 88 valence electrons. The van der Waals surface area contributed by atoms with E-state index in [1.807, 2.05) is 0 Å². The Morgan fingerprint density at radius 3 is 2.75 bits per heavy atom. The monoisotopic (exact) mass is 222 g/mol. The summed E-state index contributed by atoms with van der Waals surface area (Å²) in [6, 6.07) is 2.34. The van der Waals surface area contributed by atoms with Crippen LogP contribution in [0, 0.1) is 5.82 Å². The van der Waals surface area contributed by atoms with Crippen LogP contribution in [0.1, 0.15) is 50.6 Å². The van der Waals surface area contributed by atoms with E-state index in [4.69, 9.17) is 0 Å². The Morgan fingerprint density at radius 1 is 1.31 bits per heavy atom. The second kappa shape index (κ2) is 5.39. The van der Waals surface area contributed by atoms with Gasteiger partial charge in [-0.05, 0) is 31.4 Å². The summed E-state index contributed by atoms with van der Waals surface area (Å²) >= 11 is 0. The quantitative estimate of drug-likeness (QED) is 0.849. The highest BCUT2D eigenvalue weighted by Crippen LogP contribution is 2.21. The molecule has 2 nitrogen and oxygen atoms in total. The molecule has 0 bridgehead atoms. The summed E-state index contributed by atoms with van der Waals surface area (Å²) in [4.78, 5) is 3.88. The summed E-state index contributed by atoms with van der Waals surface area (Å²) in [5.74, 6) is -0.255. The maximum absolute atomic E-state index is 13.0. The first kappa shape index (κ1) is 11.5. The van der Waals surface area contributed by atoms with Crippen LogP contribution in [0.3, 0.4) is 0 Å². The minimum atomic E-state index is -0.255. The molecular formula is C13H19FN2. The minimum absolute atomic E-state index is 0.186. The van der Waals surface area contributed by atoms with Gasteiger partial charge in [0.05, 0.1) is 6.20 Å². The molecule has 1 aliphatic rings. The molecule has 1 atom stereocenters. The molecule has 1 N–H and O–H groups in total. The van der Waals surface area contributed by atoms with E-state index in [0.717, 1.165) is 5.56 Å². The fraction of sp³-hybridized carbons (Fsp3) is 0.615. The Morgan fingerprint density at radius 2 is 2.06 bits per heavy atom. The number of rotatable bonds is 3. The van der Waals surface area contributed by atoms with Crippen LogP contribution in [-0.4, -0.2) is 11.0 Å². The van der Waals surface area contributed by atoms with Crippen molar-refractivity contribution < 1.29 is 4.39 Å². The van der Waals surface area contributed by atoms with Gasteiger partial charge in [0, 0.05) is 18.3 Å². The number of pyridine rings is 1. The third kappa shape index (κ3) is 3.01. The van der Waals surface area contributed by atoms with E-state index in [1.165, 1.54) is 38.3 Å². The van der Waals surface area contributed by atoms with Crippen LogP contribution in [0.4, 0.5) is 4.39 Å². The van der Waals surface area contributed by atoms with Crippen LogP contribution in [0.2, 0.25) is 0 Å². The Balaban J connectivity index is 1.94. The second-order valence-corrected chi connectivity index (χ2v) is 4.66. The zero-order chi connectivity index (χ0) is 11.4. The number of hydrogen-bond donors (Lipinski definition) is 1. The second-order valence-electron chi connectivity index (χ2n) is 4.66. The molecule has 0 aliphatic heterocycles. The van der Waals surface area contributed by atoms with Crippen molar-refractivity contribution in [1.29, 1.82) is 0 Å². The van der Waals surface area contributed by atoms with Crippen molar-refractivity contribution in [3.8, 4) is 0 Å². The smallest absolute Gasteiger partial charge is 0.141 e. The molecule has 0 radical (unpaired) electrons. The van der Waals surface area contributed by atoms with Gasteiger partial charge in [-0.25, -0.2) is 4.39 Å². The first-order valence-corrected chi connectivity index (χ1v) is 6.12. The van der Waals surface area contributed by atoms with Gasteiger partial charge in [-0.3, -0.25) is 4.98 Å². The van der Waals surface area contributed by atoms with E-state index in [2.05, 4.69) is 17.2 Å². The summed E-state index contributed by atoms with van der Waals surface area (Å²) in [6.45, 7) is 2.07. The van der Waals surface area contributed by atoms with E-state index in [-0.39, 0.29) is 11.9 Å². The SMILES string of the molecule is CC(NC1CCCCC1)c1cncc(F)c1. The molecule has 1 aromatic heterocycles. The van der Waals surface area contributed by atoms with Gasteiger partial charge in [0.25, 0.3) is 0 Å². The van der Waals surface area contributed by atoms with Crippen LogP contribution >= 0.6 is 0 Å². The van der Waals surface area contributed by atoms with Crippen molar-refractivity contribution in [1.82, 2.24) is 10.3 Å². The molecular weight excluding hydrogens is 203 g/mol. The normalized spacial score (nSPS) is 19.6. The molecule has 1 aliphatic carbocycles. The number of hydrogen-bond acceptors (Lipinski definition) is 2. The third-order valence-corrected chi connectivity index (χ3v) is 3.32. The van der Waals surface area contributed by atoms with E-state index in [9.17, 15) is 4.39 Å². The van der Waals surface area contributed by atoms with Crippen LogP contribution in [0.5, 0.6) is 0 Å². The summed E-state index contributed by atoms with van der Waals surface area (Å²) in [5.41, 5.74) is 0.936. The Kier molecular flexibility index (Phi) is 3.88. The molecule has 16 heavy (non-hydrogen) atoms. The van der Waals surface area contributed by atoms with Gasteiger partial charge < -0.3 is 5.32 Å². The number of nitrogens with zero attached hydrogens (tertiary/aromatic N) is 1. The Hall–Kier alpha value is -0.960. The maximum atomic E-state index is 13.0. The molecule has 0 spiro atoms. The zero-order valence-corrected chi connectivity index (χ0v) is 9.75. The van der Waals surface area contributed by atoms with Crippen LogP contribution in [0.15, 0.2) is 18.5 Å². The summed E-state index contributed by atoms with van der Waals surface area (Å²) in [6.07, 6.45) is 9.45. The molecule has 1 fully saturated rings. The standard InChI is InChI=1S/C13H19FN2/c1-10(11-7-12(14)9-15-8-11)16-13-5-3-2-4-6-13/h7-10,13,16H,2-6H2,1H3. The van der Waals surface area contributed by atoms with Crippen LogP contribution < -0.4 is 5.32 Å². The summed E-state index contributed by atoms with van der Waals surface area (Å²) in [5, 5.41) is 3.56. The van der Waals surface area contributed by atoms with Crippen molar-refractivity contribution in [2.75, 3.05) is 0 Å². The topological polar surface area (TPSA) is 24.9 Å². The van der Waals surface area contributed by atoms with Gasteiger partial charge in [0.15, 0.2) is 0 Å². The molecule has 3 heteroatoms. The van der Waals surface area contributed by atoms with E-state index in [0.29, 0.717) is 6.04 Å². The van der Waals surface area contributed by atoms with Crippen molar-refractivity contribution in [2.45, 2.75) is 51.1 Å². The lowest BCUT2D eigenvalue weighted by Crippen LogP contribution is -2.33. The average molecular weight is 222 g/mol. The van der Waals surface area contributed by atoms with Gasteiger partial charge in [0.2, 0.25) is 0 Å². The highest BCUT2D eigenvalue weighted by Gasteiger charge is 2.16. The van der Waals surface area contributed by atoms with Gasteiger partial charge in [-0.1, -0.05) is 19.3 Å². The average Bonchev–Trinajstić information content (AvgIpc) is 2.30. The zero-order valence-electron chi connectivity index (χ0n) is 9.75. The van der Waals surface area contributed by atoms with Crippen molar-refractivity contribution in [2.24, 2.45) is 0 Å². The predicted molar refractivity (Wildman–Crippen MR) is 62.6 cm³/mol. The molecule has 1 saturated carbocycles. The first-order valence-electron chi connectivity index (χ1n) is 6.12. The Labute approximate surface area is 96.3 Å². The van der Waals surface area contributed by atoms with Crippen molar-refractivity contribution in [3.05, 3.63) is 29.8 Å². The van der Waals surface area contributed by atoms with Crippen molar-refractivity contribution >= 4 is 0 Å². The first-order chi connectivity index (χ1) is 7.75. The third-order valence-electron chi connectivity index (χ3n) is 3.32. The molecule has 1 aromatic rings. The van der Waals surface area contributed by atoms with Gasteiger partial charge in [-0.2, -0.15) is 0 Å². The van der Waals surface area contributed by atoms with E-state index < -0.39 is 0 Å².